The van der Waals surface area contributed by atoms with Crippen molar-refractivity contribution in [2.45, 2.75) is 39.3 Å². The smallest absolute Gasteiger partial charge is 0.157 e. The zero-order valence-corrected chi connectivity index (χ0v) is 11.5. The molecular weight excluding hydrogens is 238 g/mol. The Kier molecular flexibility index (Phi) is 3.86. The Morgan fingerprint density at radius 2 is 2.44 bits per heavy atom. The molecule has 2 unspecified atom stereocenters. The van der Waals surface area contributed by atoms with E-state index in [4.69, 9.17) is 0 Å². The molecule has 1 aliphatic rings. The Bertz CT molecular complexity index is 386. The number of thioether (sulfide) groups is 1. The number of hydrogen-bond donors (Lipinski definition) is 1. The molecule has 88 valence electrons. The van der Waals surface area contributed by atoms with Gasteiger partial charge in [-0.15, -0.1) is 11.3 Å². The molecule has 5 heteroatoms. The molecule has 0 saturated carbocycles. The number of nitrogens with zero attached hydrogens (tertiary/aromatic N) is 2. The van der Waals surface area contributed by atoms with Gasteiger partial charge < -0.3 is 5.32 Å². The van der Waals surface area contributed by atoms with E-state index in [1.165, 1.54) is 4.88 Å². The molecule has 2 rings (SSSR count). The number of thiazole rings is 1. The second kappa shape index (κ2) is 5.19. The topological polar surface area (TPSA) is 37.3 Å². The van der Waals surface area contributed by atoms with Gasteiger partial charge >= 0.3 is 0 Å². The van der Waals surface area contributed by atoms with E-state index in [2.05, 4.69) is 36.1 Å². The van der Waals surface area contributed by atoms with Gasteiger partial charge in [0.15, 0.2) is 5.17 Å². The highest BCUT2D eigenvalue weighted by Gasteiger charge is 2.19. The highest BCUT2D eigenvalue weighted by Crippen LogP contribution is 2.23. The highest BCUT2D eigenvalue weighted by atomic mass is 32.2. The van der Waals surface area contributed by atoms with Crippen LogP contribution < -0.4 is 5.32 Å². The molecule has 0 fully saturated rings. The molecule has 0 bridgehead atoms. The van der Waals surface area contributed by atoms with Crippen molar-refractivity contribution in [3.05, 3.63) is 16.1 Å². The van der Waals surface area contributed by atoms with E-state index in [0.717, 1.165) is 22.3 Å². The molecule has 2 atom stereocenters. The first kappa shape index (κ1) is 11.9. The third-order valence-electron chi connectivity index (χ3n) is 2.53. The second-order valence-electron chi connectivity index (χ2n) is 3.98. The number of aliphatic imine (C=N–C) groups is 1. The SMILES string of the molecule is CCC1CSC(NC(C)c2ncc(C)s2)=N1. The molecule has 0 aromatic carbocycles. The van der Waals surface area contributed by atoms with Crippen molar-refractivity contribution in [1.82, 2.24) is 10.3 Å². The van der Waals surface area contributed by atoms with Crippen LogP contribution in [0.15, 0.2) is 11.2 Å². The van der Waals surface area contributed by atoms with Crippen molar-refractivity contribution in [2.24, 2.45) is 4.99 Å². The molecular formula is C11H17N3S2. The van der Waals surface area contributed by atoms with E-state index in [0.29, 0.717) is 6.04 Å². The van der Waals surface area contributed by atoms with Crippen LogP contribution in [-0.2, 0) is 0 Å². The van der Waals surface area contributed by atoms with Crippen molar-refractivity contribution in [2.75, 3.05) is 5.75 Å². The third-order valence-corrected chi connectivity index (χ3v) is 4.68. The summed E-state index contributed by atoms with van der Waals surface area (Å²) in [6.45, 7) is 6.41. The molecule has 1 aromatic rings. The maximum absolute atomic E-state index is 4.62. The first-order valence-corrected chi connectivity index (χ1v) is 7.38. The van der Waals surface area contributed by atoms with Crippen LogP contribution in [-0.4, -0.2) is 21.9 Å². The lowest BCUT2D eigenvalue weighted by Crippen LogP contribution is -2.22. The van der Waals surface area contributed by atoms with Crippen LogP contribution in [0, 0.1) is 6.92 Å². The van der Waals surface area contributed by atoms with Crippen LogP contribution >= 0.6 is 23.1 Å². The second-order valence-corrected chi connectivity index (χ2v) is 6.26. The number of rotatable bonds is 3. The Balaban J connectivity index is 1.95. The minimum Gasteiger partial charge on any atom is -0.356 e. The molecule has 0 amide bonds. The van der Waals surface area contributed by atoms with Gasteiger partial charge in [0.1, 0.15) is 5.01 Å². The normalized spacial score (nSPS) is 21.9. The van der Waals surface area contributed by atoms with Gasteiger partial charge in [-0.3, -0.25) is 4.99 Å². The van der Waals surface area contributed by atoms with Gasteiger partial charge in [0.05, 0.1) is 12.1 Å². The number of nitrogens with one attached hydrogen (secondary N) is 1. The van der Waals surface area contributed by atoms with Crippen LogP contribution in [0.3, 0.4) is 0 Å². The minimum absolute atomic E-state index is 0.264. The fourth-order valence-corrected chi connectivity index (χ4v) is 3.44. The monoisotopic (exact) mass is 255 g/mol. The molecule has 1 N–H and O–H groups in total. The molecule has 1 aliphatic heterocycles. The summed E-state index contributed by atoms with van der Waals surface area (Å²) < 4.78 is 0. The summed E-state index contributed by atoms with van der Waals surface area (Å²) in [7, 11) is 0. The summed E-state index contributed by atoms with van der Waals surface area (Å²) in [6.07, 6.45) is 3.06. The number of aryl methyl sites for hydroxylation is 1. The predicted octanol–water partition coefficient (Wildman–Crippen LogP) is 2.98. The van der Waals surface area contributed by atoms with Gasteiger partial charge in [-0.05, 0) is 20.3 Å². The van der Waals surface area contributed by atoms with Gasteiger partial charge in [0.25, 0.3) is 0 Å². The summed E-state index contributed by atoms with van der Waals surface area (Å²) in [5, 5.41) is 5.65. The Labute approximate surface area is 105 Å². The van der Waals surface area contributed by atoms with Crippen molar-refractivity contribution in [1.29, 1.82) is 0 Å². The molecule has 0 radical (unpaired) electrons. The molecule has 3 nitrogen and oxygen atoms in total. The van der Waals surface area contributed by atoms with E-state index in [9.17, 15) is 0 Å². The van der Waals surface area contributed by atoms with Gasteiger partial charge in [-0.1, -0.05) is 18.7 Å². The van der Waals surface area contributed by atoms with Crippen LogP contribution in [0.5, 0.6) is 0 Å². The number of hydrogen-bond acceptors (Lipinski definition) is 5. The van der Waals surface area contributed by atoms with Gasteiger partial charge in [0, 0.05) is 16.8 Å². The van der Waals surface area contributed by atoms with Crippen LogP contribution in [0.4, 0.5) is 0 Å². The number of aromatic nitrogens is 1. The molecule has 0 saturated heterocycles. The quantitative estimate of drug-likeness (QED) is 0.902. The highest BCUT2D eigenvalue weighted by molar-refractivity contribution is 8.14. The third kappa shape index (κ3) is 2.77. The fraction of sp³-hybridized carbons (Fsp3) is 0.636. The lowest BCUT2D eigenvalue weighted by molar-refractivity contribution is 0.698. The molecule has 1 aromatic heterocycles. The zero-order valence-electron chi connectivity index (χ0n) is 9.86. The fourth-order valence-electron chi connectivity index (χ4n) is 1.52. The molecule has 0 aliphatic carbocycles. The van der Waals surface area contributed by atoms with Crippen molar-refractivity contribution in [3.8, 4) is 0 Å². The van der Waals surface area contributed by atoms with E-state index in [-0.39, 0.29) is 6.04 Å². The molecule has 0 spiro atoms. The van der Waals surface area contributed by atoms with E-state index >= 15 is 0 Å². The van der Waals surface area contributed by atoms with Crippen molar-refractivity contribution < 1.29 is 0 Å². The molecule has 16 heavy (non-hydrogen) atoms. The summed E-state index contributed by atoms with van der Waals surface area (Å²) in [5.74, 6) is 1.11. The Hall–Kier alpha value is -0.550. The van der Waals surface area contributed by atoms with Gasteiger partial charge in [0.2, 0.25) is 0 Å². The Morgan fingerprint density at radius 3 is 3.00 bits per heavy atom. The van der Waals surface area contributed by atoms with Crippen LogP contribution in [0.25, 0.3) is 0 Å². The van der Waals surface area contributed by atoms with Crippen molar-refractivity contribution >= 4 is 28.3 Å². The summed E-state index contributed by atoms with van der Waals surface area (Å²) in [5.41, 5.74) is 0. The van der Waals surface area contributed by atoms with E-state index < -0.39 is 0 Å². The first-order valence-electron chi connectivity index (χ1n) is 5.58. The van der Waals surface area contributed by atoms with Gasteiger partial charge in [-0.25, -0.2) is 4.98 Å². The molecule has 2 heterocycles. The van der Waals surface area contributed by atoms with Crippen LogP contribution in [0.1, 0.15) is 36.2 Å². The van der Waals surface area contributed by atoms with E-state index in [1.807, 2.05) is 18.0 Å². The summed E-state index contributed by atoms with van der Waals surface area (Å²) >= 11 is 3.57. The maximum Gasteiger partial charge on any atom is 0.157 e. The summed E-state index contributed by atoms with van der Waals surface area (Å²) in [6, 6.07) is 0.762. The Morgan fingerprint density at radius 1 is 1.62 bits per heavy atom. The largest absolute Gasteiger partial charge is 0.356 e. The summed E-state index contributed by atoms with van der Waals surface area (Å²) in [4.78, 5) is 10.3. The lowest BCUT2D eigenvalue weighted by atomic mass is 10.3. The average Bonchev–Trinajstić information content (AvgIpc) is 2.87. The standard InChI is InChI=1S/C11H17N3S2/c1-4-9-6-15-11(14-9)13-8(3)10-12-5-7(2)16-10/h5,8-9H,4,6H2,1-3H3,(H,13,14). The van der Waals surface area contributed by atoms with Crippen molar-refractivity contribution in [3.63, 3.8) is 0 Å². The zero-order chi connectivity index (χ0) is 11.5. The van der Waals surface area contributed by atoms with Crippen LogP contribution in [0.2, 0.25) is 0 Å². The minimum atomic E-state index is 0.264. The number of amidine groups is 1. The average molecular weight is 255 g/mol. The van der Waals surface area contributed by atoms with Gasteiger partial charge in [-0.2, -0.15) is 0 Å². The van der Waals surface area contributed by atoms with E-state index in [1.54, 1.807) is 11.3 Å². The predicted molar refractivity (Wildman–Crippen MR) is 72.4 cm³/mol. The lowest BCUT2D eigenvalue weighted by Gasteiger charge is -2.11. The maximum atomic E-state index is 4.62. The first-order chi connectivity index (χ1) is 7.69.